The molecule has 0 aromatic carbocycles. The first-order valence-corrected chi connectivity index (χ1v) is 6.74. The highest BCUT2D eigenvalue weighted by molar-refractivity contribution is 7.80. The molecule has 0 bridgehead atoms. The molecule has 0 aliphatic carbocycles. The first kappa shape index (κ1) is 16.4. The molecule has 7 nitrogen and oxygen atoms in total. The van der Waals surface area contributed by atoms with Crippen molar-refractivity contribution in [1.82, 2.24) is 15.0 Å². The van der Waals surface area contributed by atoms with Gasteiger partial charge in [-0.15, -0.1) is 4.98 Å². The van der Waals surface area contributed by atoms with E-state index in [2.05, 4.69) is 28.8 Å². The molecular formula is C12H21N5O2S. The van der Waals surface area contributed by atoms with E-state index in [1.165, 1.54) is 14.2 Å². The zero-order valence-corrected chi connectivity index (χ0v) is 13.1. The predicted octanol–water partition coefficient (Wildman–Crippen LogP) is 1.03. The number of nitrogens with two attached hydrogens (primary N) is 1. The van der Waals surface area contributed by atoms with E-state index in [1.807, 2.05) is 4.90 Å². The molecule has 0 fully saturated rings. The Balaban J connectivity index is 3.01. The maximum atomic E-state index is 5.56. The van der Waals surface area contributed by atoms with E-state index >= 15 is 0 Å². The molecule has 1 heterocycles. The second-order valence-corrected chi connectivity index (χ2v) is 5.19. The number of thiocarbonyl (C=S) groups is 1. The van der Waals surface area contributed by atoms with Gasteiger partial charge in [-0.3, -0.25) is 0 Å². The minimum atomic E-state index is 0.218. The van der Waals surface area contributed by atoms with Crippen LogP contribution in [0.4, 0.5) is 5.95 Å². The van der Waals surface area contributed by atoms with Gasteiger partial charge in [0.25, 0.3) is 0 Å². The van der Waals surface area contributed by atoms with Crippen molar-refractivity contribution in [2.45, 2.75) is 20.3 Å². The van der Waals surface area contributed by atoms with Gasteiger partial charge in [0.1, 0.15) is 0 Å². The number of ether oxygens (including phenoxy) is 2. The van der Waals surface area contributed by atoms with Crippen LogP contribution in [0.15, 0.2) is 0 Å². The van der Waals surface area contributed by atoms with Crippen molar-refractivity contribution in [2.24, 2.45) is 11.7 Å². The van der Waals surface area contributed by atoms with Gasteiger partial charge in [-0.25, -0.2) is 0 Å². The fourth-order valence-electron chi connectivity index (χ4n) is 1.61. The van der Waals surface area contributed by atoms with E-state index in [4.69, 9.17) is 27.4 Å². The summed E-state index contributed by atoms with van der Waals surface area (Å²) in [6.45, 7) is 5.65. The molecule has 20 heavy (non-hydrogen) atoms. The molecule has 0 aliphatic rings. The van der Waals surface area contributed by atoms with Crippen LogP contribution in [0, 0.1) is 5.92 Å². The molecule has 0 spiro atoms. The number of aromatic nitrogens is 3. The van der Waals surface area contributed by atoms with E-state index in [9.17, 15) is 0 Å². The van der Waals surface area contributed by atoms with Crippen LogP contribution < -0.4 is 20.1 Å². The summed E-state index contributed by atoms with van der Waals surface area (Å²) in [5, 5.41) is 0. The van der Waals surface area contributed by atoms with Crippen LogP contribution in [0.1, 0.15) is 20.3 Å². The number of rotatable bonds is 8. The lowest BCUT2D eigenvalue weighted by Crippen LogP contribution is -2.32. The summed E-state index contributed by atoms with van der Waals surface area (Å²) in [5.41, 5.74) is 5.56. The molecule has 0 radical (unpaired) electrons. The third-order valence-electron chi connectivity index (χ3n) is 2.44. The highest BCUT2D eigenvalue weighted by Crippen LogP contribution is 2.17. The molecule has 0 aliphatic heterocycles. The summed E-state index contributed by atoms with van der Waals surface area (Å²) in [5.74, 6) is 0.939. The molecule has 1 aromatic rings. The van der Waals surface area contributed by atoms with Crippen LogP contribution in [0.5, 0.6) is 12.0 Å². The van der Waals surface area contributed by atoms with Crippen LogP contribution in [-0.2, 0) is 0 Å². The lowest BCUT2D eigenvalue weighted by Gasteiger charge is -2.24. The minimum absolute atomic E-state index is 0.218. The summed E-state index contributed by atoms with van der Waals surface area (Å²) in [7, 11) is 3.00. The van der Waals surface area contributed by atoms with E-state index in [-0.39, 0.29) is 12.0 Å². The number of anilines is 1. The third kappa shape index (κ3) is 5.12. The maximum absolute atomic E-state index is 5.56. The first-order chi connectivity index (χ1) is 9.46. The van der Waals surface area contributed by atoms with Gasteiger partial charge in [0, 0.05) is 19.5 Å². The lowest BCUT2D eigenvalue weighted by molar-refractivity contribution is 0.339. The fraction of sp³-hybridized carbons (Fsp3) is 0.667. The number of methoxy groups -OCH3 is 2. The molecule has 0 unspecified atom stereocenters. The largest absolute Gasteiger partial charge is 0.467 e. The molecule has 0 atom stereocenters. The molecule has 0 saturated carbocycles. The van der Waals surface area contributed by atoms with Gasteiger partial charge < -0.3 is 20.1 Å². The zero-order chi connectivity index (χ0) is 15.1. The standard InChI is InChI=1S/C12H21N5O2S/c1-8(2)7-17(6-5-9(13)20)10-14-11(18-3)16-12(15-10)19-4/h8H,5-7H2,1-4H3,(H2,13,20). The average molecular weight is 299 g/mol. The molecule has 0 amide bonds. The van der Waals surface area contributed by atoms with Gasteiger partial charge >= 0.3 is 12.0 Å². The second kappa shape index (κ2) is 7.78. The van der Waals surface area contributed by atoms with Crippen molar-refractivity contribution in [2.75, 3.05) is 32.2 Å². The fourth-order valence-corrected chi connectivity index (χ4v) is 1.70. The van der Waals surface area contributed by atoms with Gasteiger partial charge in [0.05, 0.1) is 19.2 Å². The molecule has 8 heteroatoms. The molecule has 112 valence electrons. The molecule has 1 rings (SSSR count). The van der Waals surface area contributed by atoms with Crippen LogP contribution in [0.2, 0.25) is 0 Å². The monoisotopic (exact) mass is 299 g/mol. The molecular weight excluding hydrogens is 278 g/mol. The van der Waals surface area contributed by atoms with Crippen molar-refractivity contribution in [3.63, 3.8) is 0 Å². The molecule has 1 aromatic heterocycles. The Hall–Kier alpha value is -1.70. The van der Waals surface area contributed by atoms with E-state index < -0.39 is 0 Å². The SMILES string of the molecule is COc1nc(OC)nc(N(CCC(N)=S)CC(C)C)n1. The quantitative estimate of drug-likeness (QED) is 0.712. The highest BCUT2D eigenvalue weighted by atomic mass is 32.1. The predicted molar refractivity (Wildman–Crippen MR) is 81.4 cm³/mol. The summed E-state index contributed by atoms with van der Waals surface area (Å²) < 4.78 is 10.1. The Morgan fingerprint density at radius 3 is 2.15 bits per heavy atom. The van der Waals surface area contributed by atoms with Gasteiger partial charge in [0.2, 0.25) is 5.95 Å². The number of nitrogens with zero attached hydrogens (tertiary/aromatic N) is 4. The Bertz CT molecular complexity index is 433. The van der Waals surface area contributed by atoms with E-state index in [1.54, 1.807) is 0 Å². The van der Waals surface area contributed by atoms with E-state index in [0.29, 0.717) is 29.8 Å². The van der Waals surface area contributed by atoms with E-state index in [0.717, 1.165) is 6.54 Å². The summed E-state index contributed by atoms with van der Waals surface area (Å²) in [4.78, 5) is 14.9. The summed E-state index contributed by atoms with van der Waals surface area (Å²) in [6.07, 6.45) is 0.596. The topological polar surface area (TPSA) is 86.4 Å². The van der Waals surface area contributed by atoms with Crippen LogP contribution in [0.25, 0.3) is 0 Å². The maximum Gasteiger partial charge on any atom is 0.324 e. The van der Waals surface area contributed by atoms with Gasteiger partial charge in [0.15, 0.2) is 0 Å². The van der Waals surface area contributed by atoms with Crippen LogP contribution in [0.3, 0.4) is 0 Å². The van der Waals surface area contributed by atoms with Crippen molar-refractivity contribution in [1.29, 1.82) is 0 Å². The van der Waals surface area contributed by atoms with Gasteiger partial charge in [-0.2, -0.15) is 9.97 Å². The second-order valence-electron chi connectivity index (χ2n) is 4.66. The minimum Gasteiger partial charge on any atom is -0.467 e. The van der Waals surface area contributed by atoms with Crippen molar-refractivity contribution >= 4 is 23.2 Å². The highest BCUT2D eigenvalue weighted by Gasteiger charge is 2.15. The third-order valence-corrected chi connectivity index (χ3v) is 2.65. The average Bonchev–Trinajstić information content (AvgIpc) is 2.42. The number of hydrogen-bond acceptors (Lipinski definition) is 7. The van der Waals surface area contributed by atoms with Crippen molar-refractivity contribution in [3.8, 4) is 12.0 Å². The van der Waals surface area contributed by atoms with Crippen LogP contribution in [-0.4, -0.2) is 47.2 Å². The summed E-state index contributed by atoms with van der Waals surface area (Å²) >= 11 is 4.92. The Kier molecular flexibility index (Phi) is 6.37. The van der Waals surface area contributed by atoms with Gasteiger partial charge in [-0.1, -0.05) is 26.1 Å². The smallest absolute Gasteiger partial charge is 0.324 e. The molecule has 0 saturated heterocycles. The molecule has 2 N–H and O–H groups in total. The summed E-state index contributed by atoms with van der Waals surface area (Å²) in [6, 6.07) is 0.437. The van der Waals surface area contributed by atoms with Crippen molar-refractivity contribution < 1.29 is 9.47 Å². The lowest BCUT2D eigenvalue weighted by atomic mass is 10.2. The van der Waals surface area contributed by atoms with Crippen LogP contribution >= 0.6 is 12.2 Å². The Morgan fingerprint density at radius 1 is 1.20 bits per heavy atom. The van der Waals surface area contributed by atoms with Gasteiger partial charge in [-0.05, 0) is 5.92 Å². The Morgan fingerprint density at radius 2 is 1.75 bits per heavy atom. The zero-order valence-electron chi connectivity index (χ0n) is 12.3. The number of hydrogen-bond donors (Lipinski definition) is 1. The Labute approximate surface area is 124 Å². The van der Waals surface area contributed by atoms with Crippen molar-refractivity contribution in [3.05, 3.63) is 0 Å². The first-order valence-electron chi connectivity index (χ1n) is 6.33. The normalized spacial score (nSPS) is 10.4.